The van der Waals surface area contributed by atoms with E-state index in [0.717, 1.165) is 11.3 Å². The molecule has 1 heterocycles. The van der Waals surface area contributed by atoms with Crippen LogP contribution in [-0.4, -0.2) is 5.44 Å². The Hall–Kier alpha value is -0.228. The number of hydrogen-bond acceptors (Lipinski definition) is 2. The second-order valence-corrected chi connectivity index (χ2v) is 2.82. The van der Waals surface area contributed by atoms with Crippen molar-refractivity contribution >= 4 is 18.7 Å². The number of fused-ring (bicyclic) bond motifs is 1. The number of rotatable bonds is 0. The summed E-state index contributed by atoms with van der Waals surface area (Å²) in [7, 11) is 0. The normalized spacial score (nSPS) is 16.6. The summed E-state index contributed by atoms with van der Waals surface area (Å²) < 4.78 is 5.38. The summed E-state index contributed by atoms with van der Waals surface area (Å²) in [6, 6.07) is 8.75. The molecule has 0 bridgehead atoms. The van der Waals surface area contributed by atoms with E-state index in [4.69, 9.17) is 4.74 Å². The first-order chi connectivity index (χ1) is 6.36. The monoisotopic (exact) mass is 380 g/mol. The second-order valence-electron chi connectivity index (χ2n) is 2.32. The Kier molecular flexibility index (Phi) is 7.00. The van der Waals surface area contributed by atoms with Crippen LogP contribution in [0.1, 0.15) is 19.4 Å². The predicted molar refractivity (Wildman–Crippen MR) is 59.1 cm³/mol. The first-order valence-corrected chi connectivity index (χ1v) is 4.91. The van der Waals surface area contributed by atoms with E-state index in [1.165, 1.54) is 0 Å². The van der Waals surface area contributed by atoms with Gasteiger partial charge in [-0.3, -0.25) is 0 Å². The summed E-state index contributed by atoms with van der Waals surface area (Å²) in [6.45, 7) is 4.00. The third kappa shape index (κ3) is 3.49. The van der Waals surface area contributed by atoms with Gasteiger partial charge in [0.05, 0.1) is 0 Å². The van der Waals surface area contributed by atoms with Gasteiger partial charge in [-0.15, -0.1) is 48.5 Å². The van der Waals surface area contributed by atoms with Crippen LogP contribution in [0, 0.1) is 6.07 Å². The van der Waals surface area contributed by atoms with Gasteiger partial charge < -0.3 is 4.74 Å². The van der Waals surface area contributed by atoms with Gasteiger partial charge in [0.25, 0.3) is 0 Å². The number of thiol groups is 1. The first kappa shape index (κ1) is 13.8. The molecule has 0 saturated heterocycles. The van der Waals surface area contributed by atoms with Crippen LogP contribution in [-0.2, 0) is 20.4 Å². The molecule has 0 saturated carbocycles. The molecule has 3 heteroatoms. The molecule has 1 atom stereocenters. The molecule has 1 aliphatic heterocycles. The molecule has 14 heavy (non-hydrogen) atoms. The van der Waals surface area contributed by atoms with E-state index in [1.807, 2.05) is 44.2 Å². The quantitative estimate of drug-likeness (QED) is 0.538. The van der Waals surface area contributed by atoms with Gasteiger partial charge in [-0.1, -0.05) is 19.9 Å². The van der Waals surface area contributed by atoms with E-state index in [-0.39, 0.29) is 25.9 Å². The molecule has 0 aromatic heterocycles. The molecule has 1 aromatic rings. The van der Waals surface area contributed by atoms with Crippen molar-refractivity contribution in [2.45, 2.75) is 19.3 Å². The van der Waals surface area contributed by atoms with Gasteiger partial charge in [0.15, 0.2) is 0 Å². The van der Waals surface area contributed by atoms with E-state index < -0.39 is 0 Å². The molecule has 1 aliphatic rings. The molecule has 1 radical (unpaired) electrons. The number of hydrogen-bond donors (Lipinski definition) is 1. The van der Waals surface area contributed by atoms with Crippen LogP contribution >= 0.6 is 12.6 Å². The molecule has 0 amide bonds. The summed E-state index contributed by atoms with van der Waals surface area (Å²) in [4.78, 5) is 0. The van der Waals surface area contributed by atoms with E-state index in [1.54, 1.807) is 0 Å². The molecule has 1 unspecified atom stereocenters. The average molecular weight is 379 g/mol. The maximum Gasteiger partial charge on any atom is 0.141 e. The van der Waals surface area contributed by atoms with E-state index >= 15 is 0 Å². The molecule has 0 fully saturated rings. The van der Waals surface area contributed by atoms with Gasteiger partial charge in [0, 0.05) is 26.2 Å². The molecular formula is C11H13OReS-. The van der Waals surface area contributed by atoms with Gasteiger partial charge in [-0.25, -0.2) is 0 Å². The van der Waals surface area contributed by atoms with Gasteiger partial charge in [0.2, 0.25) is 0 Å². The van der Waals surface area contributed by atoms with Crippen LogP contribution in [0.15, 0.2) is 24.3 Å². The molecular weight excluding hydrogens is 366 g/mol. The van der Waals surface area contributed by atoms with Crippen LogP contribution in [0.2, 0.25) is 0 Å². The van der Waals surface area contributed by atoms with Crippen molar-refractivity contribution in [3.05, 3.63) is 35.9 Å². The largest absolute Gasteiger partial charge is 0.522 e. The Morgan fingerprint density at radius 3 is 2.86 bits per heavy atom. The summed E-state index contributed by atoms with van der Waals surface area (Å²) in [5.74, 6) is 0.856. The van der Waals surface area contributed by atoms with E-state index in [2.05, 4.69) is 18.7 Å². The molecule has 0 spiro atoms. The predicted octanol–water partition coefficient (Wildman–Crippen LogP) is 3.17. The molecule has 0 N–H and O–H groups in total. The summed E-state index contributed by atoms with van der Waals surface area (Å²) in [5.41, 5.74) is 0.885. The van der Waals surface area contributed by atoms with E-state index in [0.29, 0.717) is 0 Å². The zero-order valence-electron chi connectivity index (χ0n) is 8.20. The summed E-state index contributed by atoms with van der Waals surface area (Å²) >= 11 is 4.16. The van der Waals surface area contributed by atoms with Crippen LogP contribution < -0.4 is 4.74 Å². The van der Waals surface area contributed by atoms with Crippen LogP contribution in [0.4, 0.5) is 0 Å². The zero-order chi connectivity index (χ0) is 9.68. The van der Waals surface area contributed by atoms with Crippen molar-refractivity contribution in [2.24, 2.45) is 0 Å². The Morgan fingerprint density at radius 2 is 2.14 bits per heavy atom. The Morgan fingerprint density at radius 1 is 1.43 bits per heavy atom. The van der Waals surface area contributed by atoms with Crippen molar-refractivity contribution in [3.8, 4) is 5.75 Å². The topological polar surface area (TPSA) is 9.23 Å². The smallest absolute Gasteiger partial charge is 0.141 e. The Balaban J connectivity index is 0.000000531. The SMILES string of the molecule is CC.SC1C=Cc2[c-]cccc2O1.[Re]. The minimum Gasteiger partial charge on any atom is -0.522 e. The number of benzene rings is 1. The third-order valence-electron chi connectivity index (χ3n) is 1.52. The second kappa shape index (κ2) is 7.12. The summed E-state index contributed by atoms with van der Waals surface area (Å²) in [6.07, 6.45) is 3.86. The van der Waals surface area contributed by atoms with Crippen molar-refractivity contribution < 1.29 is 25.2 Å². The molecule has 2 rings (SSSR count). The Labute approximate surface area is 105 Å². The van der Waals surface area contributed by atoms with Crippen molar-refractivity contribution in [1.82, 2.24) is 0 Å². The minimum absolute atomic E-state index is 0. The maximum absolute atomic E-state index is 5.38. The fourth-order valence-electron chi connectivity index (χ4n) is 1.02. The molecule has 77 valence electrons. The maximum atomic E-state index is 5.38. The van der Waals surface area contributed by atoms with E-state index in [9.17, 15) is 0 Å². The van der Waals surface area contributed by atoms with Gasteiger partial charge in [-0.2, -0.15) is 0 Å². The van der Waals surface area contributed by atoms with Crippen LogP contribution in [0.25, 0.3) is 6.08 Å². The van der Waals surface area contributed by atoms with Gasteiger partial charge >= 0.3 is 0 Å². The van der Waals surface area contributed by atoms with Gasteiger partial charge in [0.1, 0.15) is 5.44 Å². The molecule has 1 nitrogen and oxygen atoms in total. The van der Waals surface area contributed by atoms with Gasteiger partial charge in [-0.05, 0) is 0 Å². The standard InChI is InChI=1S/C9H7OS.C2H6.Re/c11-9-6-5-7-3-1-2-4-8(7)10-9;1-2;/h1-2,4-6,9,11H;1-2H3;/q-1;;. The molecule has 1 aromatic carbocycles. The summed E-state index contributed by atoms with van der Waals surface area (Å²) in [5, 5.41) is 0. The van der Waals surface area contributed by atoms with Crippen LogP contribution in [0.3, 0.4) is 0 Å². The third-order valence-corrected chi connectivity index (χ3v) is 1.80. The van der Waals surface area contributed by atoms with Crippen LogP contribution in [0.5, 0.6) is 5.75 Å². The Bertz CT molecular complexity index is 299. The van der Waals surface area contributed by atoms with Crippen molar-refractivity contribution in [1.29, 1.82) is 0 Å². The van der Waals surface area contributed by atoms with Crippen molar-refractivity contribution in [2.75, 3.05) is 0 Å². The molecule has 0 aliphatic carbocycles. The fourth-order valence-corrected chi connectivity index (χ4v) is 1.21. The number of ether oxygens (including phenoxy) is 1. The van der Waals surface area contributed by atoms with Crippen molar-refractivity contribution in [3.63, 3.8) is 0 Å². The average Bonchev–Trinajstić information content (AvgIpc) is 2.21. The minimum atomic E-state index is -0.113. The first-order valence-electron chi connectivity index (χ1n) is 4.40. The zero-order valence-corrected chi connectivity index (χ0v) is 11.8. The fraction of sp³-hybridized carbons (Fsp3) is 0.273.